The monoisotopic (exact) mass is 530 g/mol. The van der Waals surface area contributed by atoms with Crippen molar-refractivity contribution in [3.8, 4) is 0 Å². The molecule has 2 atom stereocenters. The molecule has 0 N–H and O–H groups in total. The Bertz CT molecular complexity index is 747. The fourth-order valence-corrected chi connectivity index (χ4v) is 5.08. The first kappa shape index (κ1) is 35.8. The summed E-state index contributed by atoms with van der Waals surface area (Å²) in [5.41, 5.74) is -2.74. The number of hydrogen-bond donors (Lipinski definition) is 0. The Balaban J connectivity index is 5.36. The summed E-state index contributed by atoms with van der Waals surface area (Å²) in [6.45, 7) is 31.8. The van der Waals surface area contributed by atoms with Gasteiger partial charge < -0.3 is 23.7 Å². The van der Waals surface area contributed by atoms with Crippen LogP contribution in [0.15, 0.2) is 0 Å². The van der Waals surface area contributed by atoms with Gasteiger partial charge in [0, 0.05) is 6.42 Å². The van der Waals surface area contributed by atoms with Gasteiger partial charge in [-0.25, -0.2) is 4.79 Å². The summed E-state index contributed by atoms with van der Waals surface area (Å²) >= 11 is 0. The summed E-state index contributed by atoms with van der Waals surface area (Å²) in [4.78, 5) is 24.2. The largest absolute Gasteiger partial charge is 0.516 e. The second-order valence-electron chi connectivity index (χ2n) is 14.0. The third-order valence-corrected chi connectivity index (χ3v) is 7.03. The number of esters is 1. The number of carbonyl (C=O) groups excluding carboxylic acids is 2. The summed E-state index contributed by atoms with van der Waals surface area (Å²) < 4.78 is 29.7. The van der Waals surface area contributed by atoms with Crippen LogP contribution in [0.5, 0.6) is 0 Å². The second kappa shape index (κ2) is 12.8. The van der Waals surface area contributed by atoms with Crippen molar-refractivity contribution in [2.75, 3.05) is 0 Å². The van der Waals surface area contributed by atoms with Gasteiger partial charge in [0.25, 0.3) is 0 Å². The molecule has 0 aromatic heterocycles. The van der Waals surface area contributed by atoms with E-state index in [2.05, 4.69) is 55.4 Å². The van der Waals surface area contributed by atoms with Crippen molar-refractivity contribution >= 4 is 12.1 Å². The molecule has 220 valence electrons. The Hall–Kier alpha value is -1.18. The minimum absolute atomic E-state index is 0.187. The average Bonchev–Trinajstić information content (AvgIpc) is 2.61. The van der Waals surface area contributed by atoms with Gasteiger partial charge in [-0.2, -0.15) is 0 Å². The van der Waals surface area contributed by atoms with Crippen LogP contribution in [0.25, 0.3) is 0 Å². The molecule has 0 rings (SSSR count). The van der Waals surface area contributed by atoms with Crippen LogP contribution in [0, 0.1) is 11.3 Å². The van der Waals surface area contributed by atoms with E-state index in [0.717, 1.165) is 12.8 Å². The molecule has 0 aliphatic carbocycles. The summed E-state index contributed by atoms with van der Waals surface area (Å²) in [6.07, 6.45) is 1.90. The van der Waals surface area contributed by atoms with Crippen molar-refractivity contribution in [2.45, 2.75) is 171 Å². The molecule has 0 heterocycles. The Kier molecular flexibility index (Phi) is 12.4. The highest BCUT2D eigenvalue weighted by Gasteiger charge is 2.47. The summed E-state index contributed by atoms with van der Waals surface area (Å²) in [6, 6.07) is 0. The summed E-state index contributed by atoms with van der Waals surface area (Å²) in [5, 5.41) is 0. The third kappa shape index (κ3) is 12.9. The molecule has 0 amide bonds. The Morgan fingerprint density at radius 2 is 1.19 bits per heavy atom. The van der Waals surface area contributed by atoms with Crippen molar-refractivity contribution in [2.24, 2.45) is 11.3 Å². The van der Waals surface area contributed by atoms with Crippen LogP contribution in [0.2, 0.25) is 0 Å². The standard InChI is InChI=1S/C30H58O7/c1-17-21(3)23(31)33-24(32)35-27(9,10)20-28(11,12)36-30(15,16)37-29(13,14)25(5,6)19-26(7,8)34-22(4)18-2/h21-22H,17-20H2,1-16H3. The third-order valence-electron chi connectivity index (χ3n) is 7.03. The molecule has 0 bridgehead atoms. The highest BCUT2D eigenvalue weighted by atomic mass is 16.8. The molecule has 0 aliphatic heterocycles. The number of carbonyl (C=O) groups is 2. The lowest BCUT2D eigenvalue weighted by atomic mass is 9.70. The van der Waals surface area contributed by atoms with Gasteiger partial charge in [-0.1, -0.05) is 34.6 Å². The average molecular weight is 531 g/mol. The van der Waals surface area contributed by atoms with Crippen LogP contribution in [-0.2, 0) is 28.5 Å². The van der Waals surface area contributed by atoms with Gasteiger partial charge in [0.05, 0.1) is 28.8 Å². The van der Waals surface area contributed by atoms with Crippen LogP contribution < -0.4 is 0 Å². The molecular weight excluding hydrogens is 472 g/mol. The van der Waals surface area contributed by atoms with Gasteiger partial charge in [0.1, 0.15) is 5.60 Å². The minimum atomic E-state index is -0.994. The van der Waals surface area contributed by atoms with Crippen molar-refractivity contribution in [3.63, 3.8) is 0 Å². The SMILES string of the molecule is CCC(C)OC(C)(C)CC(C)(C)C(C)(C)OC(C)(C)OC(C)(C)CC(C)(C)OC(=O)OC(=O)C(C)CC. The van der Waals surface area contributed by atoms with Gasteiger partial charge in [-0.15, -0.1) is 0 Å². The van der Waals surface area contributed by atoms with Crippen molar-refractivity contribution in [1.82, 2.24) is 0 Å². The van der Waals surface area contributed by atoms with E-state index in [1.807, 2.05) is 34.6 Å². The van der Waals surface area contributed by atoms with E-state index < -0.39 is 34.7 Å². The minimum Gasteiger partial charge on any atom is -0.428 e. The molecule has 7 nitrogen and oxygen atoms in total. The van der Waals surface area contributed by atoms with E-state index in [4.69, 9.17) is 23.7 Å². The predicted octanol–water partition coefficient (Wildman–Crippen LogP) is 8.22. The first-order valence-electron chi connectivity index (χ1n) is 13.8. The molecule has 0 saturated carbocycles. The van der Waals surface area contributed by atoms with Crippen LogP contribution in [0.3, 0.4) is 0 Å². The summed E-state index contributed by atoms with van der Waals surface area (Å²) in [5.74, 6) is -1.89. The summed E-state index contributed by atoms with van der Waals surface area (Å²) in [7, 11) is 0. The zero-order chi connectivity index (χ0) is 29.7. The predicted molar refractivity (Wildman–Crippen MR) is 148 cm³/mol. The maximum absolute atomic E-state index is 12.2. The second-order valence-corrected chi connectivity index (χ2v) is 14.0. The topological polar surface area (TPSA) is 80.3 Å². The fraction of sp³-hybridized carbons (Fsp3) is 0.933. The molecule has 2 unspecified atom stereocenters. The zero-order valence-corrected chi connectivity index (χ0v) is 26.8. The first-order chi connectivity index (χ1) is 16.3. The molecule has 0 radical (unpaired) electrons. The van der Waals surface area contributed by atoms with Crippen LogP contribution in [-0.4, -0.2) is 46.4 Å². The van der Waals surface area contributed by atoms with Crippen molar-refractivity contribution < 1.29 is 33.3 Å². The maximum Gasteiger partial charge on any atom is 0.516 e. The smallest absolute Gasteiger partial charge is 0.428 e. The molecule has 37 heavy (non-hydrogen) atoms. The molecular formula is C30H58O7. The van der Waals surface area contributed by atoms with Crippen LogP contribution >= 0.6 is 0 Å². The van der Waals surface area contributed by atoms with E-state index in [1.54, 1.807) is 20.8 Å². The highest BCUT2D eigenvalue weighted by Crippen LogP contribution is 2.45. The Morgan fingerprint density at radius 3 is 1.65 bits per heavy atom. The van der Waals surface area contributed by atoms with Gasteiger partial charge in [0.2, 0.25) is 0 Å². The van der Waals surface area contributed by atoms with Crippen LogP contribution in [0.4, 0.5) is 4.79 Å². The zero-order valence-electron chi connectivity index (χ0n) is 26.8. The van der Waals surface area contributed by atoms with E-state index in [0.29, 0.717) is 12.8 Å². The first-order valence-corrected chi connectivity index (χ1v) is 13.8. The normalized spacial score (nSPS) is 15.8. The molecule has 7 heteroatoms. The molecule has 0 fully saturated rings. The van der Waals surface area contributed by atoms with Gasteiger partial charge in [-0.05, 0) is 101 Å². The lowest BCUT2D eigenvalue weighted by Crippen LogP contribution is -2.53. The van der Waals surface area contributed by atoms with Gasteiger partial charge in [-0.3, -0.25) is 4.79 Å². The molecule has 0 spiro atoms. The van der Waals surface area contributed by atoms with Gasteiger partial charge in [0.15, 0.2) is 5.79 Å². The van der Waals surface area contributed by atoms with E-state index in [-0.39, 0.29) is 23.0 Å². The molecule has 0 aliphatic rings. The molecule has 0 aromatic carbocycles. The Labute approximate surface area is 227 Å². The lowest BCUT2D eigenvalue weighted by Gasteiger charge is -2.50. The highest BCUT2D eigenvalue weighted by molar-refractivity contribution is 5.83. The van der Waals surface area contributed by atoms with E-state index in [9.17, 15) is 9.59 Å². The van der Waals surface area contributed by atoms with Crippen molar-refractivity contribution in [1.29, 1.82) is 0 Å². The number of hydrogen-bond acceptors (Lipinski definition) is 7. The quantitative estimate of drug-likeness (QED) is 0.120. The molecule has 0 saturated heterocycles. The number of ether oxygens (including phenoxy) is 5. The van der Waals surface area contributed by atoms with Gasteiger partial charge >= 0.3 is 12.1 Å². The number of rotatable bonds is 15. The lowest BCUT2D eigenvalue weighted by molar-refractivity contribution is -0.323. The van der Waals surface area contributed by atoms with E-state index >= 15 is 0 Å². The fourth-order valence-electron chi connectivity index (χ4n) is 5.08. The van der Waals surface area contributed by atoms with Crippen LogP contribution in [0.1, 0.15) is 136 Å². The Morgan fingerprint density at radius 1 is 0.676 bits per heavy atom. The molecule has 0 aromatic rings. The van der Waals surface area contributed by atoms with E-state index in [1.165, 1.54) is 0 Å². The van der Waals surface area contributed by atoms with Crippen molar-refractivity contribution in [3.05, 3.63) is 0 Å². The maximum atomic E-state index is 12.2.